The van der Waals surface area contributed by atoms with Gasteiger partial charge in [-0.3, -0.25) is 4.79 Å². The molecule has 7 heteroatoms. The summed E-state index contributed by atoms with van der Waals surface area (Å²) in [5, 5.41) is 11.6. The first-order chi connectivity index (χ1) is 11.8. The molecule has 0 saturated carbocycles. The topological polar surface area (TPSA) is 72.7 Å². The highest BCUT2D eigenvalue weighted by Crippen LogP contribution is 2.21. The van der Waals surface area contributed by atoms with Crippen molar-refractivity contribution in [2.75, 3.05) is 0 Å². The van der Waals surface area contributed by atoms with Crippen LogP contribution in [0.3, 0.4) is 0 Å². The van der Waals surface area contributed by atoms with Crippen LogP contribution in [-0.4, -0.2) is 25.9 Å². The number of amides is 1. The molecule has 2 aromatic heterocycles. The van der Waals surface area contributed by atoms with E-state index in [2.05, 4.69) is 20.6 Å². The quantitative estimate of drug-likeness (QED) is 0.622. The number of aromatic nitrogens is 4. The molecule has 0 bridgehead atoms. The second kappa shape index (κ2) is 6.21. The second-order valence-corrected chi connectivity index (χ2v) is 6.26. The Hall–Kier alpha value is -3.06. The van der Waals surface area contributed by atoms with Crippen LogP contribution >= 0.6 is 11.3 Å². The molecule has 2 aromatic carbocycles. The molecule has 4 aromatic rings. The molecule has 0 atom stereocenters. The van der Waals surface area contributed by atoms with Gasteiger partial charge in [0.1, 0.15) is 5.01 Å². The van der Waals surface area contributed by atoms with Gasteiger partial charge in [-0.1, -0.05) is 35.5 Å². The number of rotatable bonds is 4. The van der Waals surface area contributed by atoms with Crippen LogP contribution in [0.15, 0.2) is 60.8 Å². The van der Waals surface area contributed by atoms with E-state index in [1.54, 1.807) is 22.2 Å². The van der Waals surface area contributed by atoms with E-state index in [1.165, 1.54) is 0 Å². The minimum absolute atomic E-state index is 0.267. The summed E-state index contributed by atoms with van der Waals surface area (Å²) in [6.07, 6.45) is 1.61. The van der Waals surface area contributed by atoms with Crippen LogP contribution in [0.1, 0.15) is 15.5 Å². The van der Waals surface area contributed by atoms with Crippen molar-refractivity contribution in [2.24, 2.45) is 0 Å². The molecule has 0 saturated heterocycles. The maximum absolute atomic E-state index is 12.2. The number of hydrogen-bond donors (Lipinski definition) is 1. The van der Waals surface area contributed by atoms with Crippen molar-refractivity contribution in [3.63, 3.8) is 0 Å². The zero-order valence-electron chi connectivity index (χ0n) is 12.6. The van der Waals surface area contributed by atoms with Gasteiger partial charge in [0.05, 0.1) is 28.6 Å². The standard InChI is InChI=1S/C17H13N5OS/c23-17(14-11-22(21-20-14)12-6-2-1-3-7-12)18-10-16-19-13-8-4-5-9-15(13)24-16/h1-9,11H,10H2,(H,18,23). The lowest BCUT2D eigenvalue weighted by atomic mass is 10.3. The van der Waals surface area contributed by atoms with Gasteiger partial charge in [-0.25, -0.2) is 9.67 Å². The Kier molecular flexibility index (Phi) is 3.76. The summed E-state index contributed by atoms with van der Waals surface area (Å²) in [5.41, 5.74) is 2.08. The Morgan fingerprint density at radius 3 is 2.71 bits per heavy atom. The molecule has 0 spiro atoms. The lowest BCUT2D eigenvalue weighted by Gasteiger charge is -1.99. The largest absolute Gasteiger partial charge is 0.344 e. The van der Waals surface area contributed by atoms with E-state index < -0.39 is 0 Å². The molecule has 0 unspecified atom stereocenters. The summed E-state index contributed by atoms with van der Waals surface area (Å²) in [5.74, 6) is -0.267. The maximum atomic E-state index is 12.2. The molecule has 24 heavy (non-hydrogen) atoms. The number of nitrogens with one attached hydrogen (secondary N) is 1. The number of hydrogen-bond acceptors (Lipinski definition) is 5. The summed E-state index contributed by atoms with van der Waals surface area (Å²) in [4.78, 5) is 16.7. The SMILES string of the molecule is O=C(NCc1nc2ccccc2s1)c1cn(-c2ccccc2)nn1. The van der Waals surface area contributed by atoms with Crippen LogP contribution in [0, 0.1) is 0 Å². The van der Waals surface area contributed by atoms with E-state index >= 15 is 0 Å². The number of nitrogens with zero attached hydrogens (tertiary/aromatic N) is 4. The highest BCUT2D eigenvalue weighted by molar-refractivity contribution is 7.18. The first kappa shape index (κ1) is 14.5. The number of carbonyl (C=O) groups excluding carboxylic acids is 1. The number of fused-ring (bicyclic) bond motifs is 1. The molecular formula is C17H13N5OS. The van der Waals surface area contributed by atoms with Gasteiger partial charge in [0.15, 0.2) is 5.69 Å². The smallest absolute Gasteiger partial charge is 0.273 e. The van der Waals surface area contributed by atoms with Gasteiger partial charge in [0.25, 0.3) is 5.91 Å². The molecule has 4 rings (SSSR count). The average Bonchev–Trinajstić information content (AvgIpc) is 3.27. The highest BCUT2D eigenvalue weighted by Gasteiger charge is 2.12. The fourth-order valence-electron chi connectivity index (χ4n) is 2.32. The van der Waals surface area contributed by atoms with Gasteiger partial charge < -0.3 is 5.32 Å². The molecule has 1 N–H and O–H groups in total. The van der Waals surface area contributed by atoms with Crippen molar-refractivity contribution in [3.05, 3.63) is 71.5 Å². The molecule has 0 aliphatic rings. The lowest BCUT2D eigenvalue weighted by molar-refractivity contribution is 0.0946. The van der Waals surface area contributed by atoms with Crippen LogP contribution in [0.25, 0.3) is 15.9 Å². The molecule has 0 fully saturated rings. The van der Waals surface area contributed by atoms with Gasteiger partial charge in [-0.15, -0.1) is 16.4 Å². The van der Waals surface area contributed by atoms with Crippen LogP contribution in [0.5, 0.6) is 0 Å². The number of carbonyl (C=O) groups is 1. The van der Waals surface area contributed by atoms with Gasteiger partial charge in [-0.05, 0) is 24.3 Å². The predicted molar refractivity (Wildman–Crippen MR) is 92.1 cm³/mol. The van der Waals surface area contributed by atoms with Crippen molar-refractivity contribution in [1.29, 1.82) is 0 Å². The first-order valence-electron chi connectivity index (χ1n) is 7.40. The zero-order valence-corrected chi connectivity index (χ0v) is 13.4. The minimum Gasteiger partial charge on any atom is -0.344 e. The predicted octanol–water partition coefficient (Wildman–Crippen LogP) is 2.81. The second-order valence-electron chi connectivity index (χ2n) is 5.14. The molecule has 0 radical (unpaired) electrons. The maximum Gasteiger partial charge on any atom is 0.273 e. The van der Waals surface area contributed by atoms with E-state index in [4.69, 9.17) is 0 Å². The molecule has 0 aliphatic carbocycles. The molecule has 1 amide bonds. The van der Waals surface area contributed by atoms with Gasteiger partial charge in [0.2, 0.25) is 0 Å². The number of para-hydroxylation sites is 2. The Labute approximate surface area is 141 Å². The Bertz CT molecular complexity index is 959. The third kappa shape index (κ3) is 2.89. The summed E-state index contributed by atoms with van der Waals surface area (Å²) >= 11 is 1.57. The molecule has 2 heterocycles. The Morgan fingerprint density at radius 2 is 1.88 bits per heavy atom. The van der Waals surface area contributed by atoms with Crippen LogP contribution < -0.4 is 5.32 Å². The third-order valence-corrected chi connectivity index (χ3v) is 4.52. The molecule has 118 valence electrons. The summed E-state index contributed by atoms with van der Waals surface area (Å²) in [6.45, 7) is 0.371. The Morgan fingerprint density at radius 1 is 1.08 bits per heavy atom. The number of benzene rings is 2. The van der Waals surface area contributed by atoms with Crippen LogP contribution in [0.2, 0.25) is 0 Å². The van der Waals surface area contributed by atoms with E-state index in [9.17, 15) is 4.79 Å². The molecular weight excluding hydrogens is 322 g/mol. The number of thiazole rings is 1. The van der Waals surface area contributed by atoms with Gasteiger partial charge >= 0.3 is 0 Å². The monoisotopic (exact) mass is 335 g/mol. The average molecular weight is 335 g/mol. The molecule has 6 nitrogen and oxygen atoms in total. The zero-order chi connectivity index (χ0) is 16.4. The summed E-state index contributed by atoms with van der Waals surface area (Å²) in [7, 11) is 0. The normalized spacial score (nSPS) is 10.8. The summed E-state index contributed by atoms with van der Waals surface area (Å²) < 4.78 is 2.68. The van der Waals surface area contributed by atoms with E-state index in [0.717, 1.165) is 20.9 Å². The van der Waals surface area contributed by atoms with Crippen LogP contribution in [-0.2, 0) is 6.54 Å². The van der Waals surface area contributed by atoms with Gasteiger partial charge in [0, 0.05) is 0 Å². The van der Waals surface area contributed by atoms with Crippen molar-refractivity contribution in [3.8, 4) is 5.69 Å². The van der Waals surface area contributed by atoms with Crippen molar-refractivity contribution in [2.45, 2.75) is 6.54 Å². The van der Waals surface area contributed by atoms with Gasteiger partial charge in [-0.2, -0.15) is 0 Å². The van der Waals surface area contributed by atoms with E-state index in [0.29, 0.717) is 6.54 Å². The first-order valence-corrected chi connectivity index (χ1v) is 8.22. The highest BCUT2D eigenvalue weighted by atomic mass is 32.1. The van der Waals surface area contributed by atoms with Crippen molar-refractivity contribution < 1.29 is 4.79 Å². The van der Waals surface area contributed by atoms with Crippen molar-refractivity contribution in [1.82, 2.24) is 25.3 Å². The van der Waals surface area contributed by atoms with Crippen LogP contribution in [0.4, 0.5) is 0 Å². The molecule has 0 aliphatic heterocycles. The minimum atomic E-state index is -0.267. The fourth-order valence-corrected chi connectivity index (χ4v) is 3.22. The third-order valence-electron chi connectivity index (χ3n) is 3.49. The van der Waals surface area contributed by atoms with E-state index in [-0.39, 0.29) is 11.6 Å². The van der Waals surface area contributed by atoms with Crippen molar-refractivity contribution >= 4 is 27.5 Å². The Balaban J connectivity index is 1.45. The van der Waals surface area contributed by atoms with E-state index in [1.807, 2.05) is 54.6 Å². The summed E-state index contributed by atoms with van der Waals surface area (Å²) in [6, 6.07) is 17.4. The fraction of sp³-hybridized carbons (Fsp3) is 0.0588. The lowest BCUT2D eigenvalue weighted by Crippen LogP contribution is -2.23.